The monoisotopic (exact) mass is 290 g/mol. The van der Waals surface area contributed by atoms with Crippen molar-refractivity contribution in [3.8, 4) is 11.1 Å². The molecule has 0 aromatic carbocycles. The van der Waals surface area contributed by atoms with Gasteiger partial charge in [0.25, 0.3) is 0 Å². The van der Waals surface area contributed by atoms with E-state index < -0.39 is 5.97 Å². The second-order valence-electron chi connectivity index (χ2n) is 4.47. The topological polar surface area (TPSA) is 62.7 Å². The highest BCUT2D eigenvalue weighted by atomic mass is 32.1. The number of aromatic nitrogens is 1. The van der Waals surface area contributed by atoms with Crippen molar-refractivity contribution in [3.05, 3.63) is 35.5 Å². The fourth-order valence-electron chi connectivity index (χ4n) is 2.23. The number of hydrogen-bond acceptors (Lipinski definition) is 5. The van der Waals surface area contributed by atoms with Crippen molar-refractivity contribution in [3.63, 3.8) is 0 Å². The predicted octanol–water partition coefficient (Wildman–Crippen LogP) is 2.34. The lowest BCUT2D eigenvalue weighted by Crippen LogP contribution is -2.35. The maximum atomic E-state index is 11.2. The molecule has 0 amide bonds. The van der Waals surface area contributed by atoms with Gasteiger partial charge in [0.05, 0.1) is 18.2 Å². The van der Waals surface area contributed by atoms with E-state index in [1.54, 1.807) is 18.5 Å². The van der Waals surface area contributed by atoms with E-state index in [0.717, 1.165) is 29.2 Å². The average Bonchev–Trinajstić information content (AvgIpc) is 2.94. The Morgan fingerprint density at radius 2 is 2.00 bits per heavy atom. The van der Waals surface area contributed by atoms with Gasteiger partial charge in [0, 0.05) is 31.0 Å². The predicted molar refractivity (Wildman–Crippen MR) is 77.5 cm³/mol. The largest absolute Gasteiger partial charge is 0.477 e. The molecule has 104 valence electrons. The number of aromatic carboxylic acids is 1. The molecule has 3 rings (SSSR count). The van der Waals surface area contributed by atoms with E-state index in [1.165, 1.54) is 11.3 Å². The van der Waals surface area contributed by atoms with Crippen LogP contribution in [0.4, 0.5) is 5.00 Å². The Labute approximate surface area is 120 Å². The Morgan fingerprint density at radius 3 is 2.65 bits per heavy atom. The highest BCUT2D eigenvalue weighted by Crippen LogP contribution is 2.39. The summed E-state index contributed by atoms with van der Waals surface area (Å²) >= 11 is 1.32. The lowest BCUT2D eigenvalue weighted by molar-refractivity contribution is 0.0702. The van der Waals surface area contributed by atoms with E-state index in [9.17, 15) is 9.90 Å². The summed E-state index contributed by atoms with van der Waals surface area (Å²) in [6, 6.07) is 5.54. The molecule has 1 fully saturated rings. The van der Waals surface area contributed by atoms with E-state index in [4.69, 9.17) is 4.74 Å². The van der Waals surface area contributed by atoms with Gasteiger partial charge in [-0.25, -0.2) is 4.79 Å². The smallest absolute Gasteiger partial charge is 0.345 e. The molecule has 5 nitrogen and oxygen atoms in total. The molecule has 2 aromatic rings. The number of hydrogen-bond donors (Lipinski definition) is 1. The molecule has 0 bridgehead atoms. The van der Waals surface area contributed by atoms with Crippen LogP contribution in [0, 0.1) is 0 Å². The van der Waals surface area contributed by atoms with Crippen molar-refractivity contribution in [2.45, 2.75) is 0 Å². The number of thiophene rings is 1. The summed E-state index contributed by atoms with van der Waals surface area (Å²) in [6.07, 6.45) is 3.44. The standard InChI is InChI=1S/C14H14N2O3S/c17-14(18)12-9-11(10-1-3-15-4-2-10)13(20-12)16-5-7-19-8-6-16/h1-4,9H,5-8H2,(H,17,18). The second kappa shape index (κ2) is 5.60. The summed E-state index contributed by atoms with van der Waals surface area (Å²) in [6.45, 7) is 2.93. The van der Waals surface area contributed by atoms with Crippen LogP contribution in [-0.2, 0) is 4.74 Å². The number of anilines is 1. The molecule has 0 atom stereocenters. The lowest BCUT2D eigenvalue weighted by Gasteiger charge is -2.28. The number of carboxylic acid groups (broad SMARTS) is 1. The van der Waals surface area contributed by atoms with Crippen molar-refractivity contribution in [2.75, 3.05) is 31.2 Å². The molecular formula is C14H14N2O3S. The highest BCUT2D eigenvalue weighted by Gasteiger charge is 2.21. The van der Waals surface area contributed by atoms with Crippen molar-refractivity contribution < 1.29 is 14.6 Å². The van der Waals surface area contributed by atoms with Crippen molar-refractivity contribution in [1.29, 1.82) is 0 Å². The molecule has 2 aromatic heterocycles. The zero-order valence-electron chi connectivity index (χ0n) is 10.8. The third kappa shape index (κ3) is 2.52. The van der Waals surface area contributed by atoms with Crippen LogP contribution in [0.1, 0.15) is 9.67 Å². The molecule has 1 aliphatic rings. The Balaban J connectivity index is 2.04. The molecule has 1 saturated heterocycles. The molecule has 0 aliphatic carbocycles. The number of carboxylic acids is 1. The molecule has 3 heterocycles. The minimum atomic E-state index is -0.884. The molecule has 1 aliphatic heterocycles. The Hall–Kier alpha value is -1.92. The Kier molecular flexibility index (Phi) is 3.66. The van der Waals surface area contributed by atoms with Gasteiger partial charge in [0.1, 0.15) is 4.88 Å². The number of carbonyl (C=O) groups is 1. The van der Waals surface area contributed by atoms with Crippen LogP contribution in [0.5, 0.6) is 0 Å². The van der Waals surface area contributed by atoms with Crippen LogP contribution in [0.15, 0.2) is 30.6 Å². The van der Waals surface area contributed by atoms with Gasteiger partial charge in [-0.3, -0.25) is 4.98 Å². The lowest BCUT2D eigenvalue weighted by atomic mass is 10.1. The first-order chi connectivity index (χ1) is 9.75. The SMILES string of the molecule is O=C(O)c1cc(-c2ccncc2)c(N2CCOCC2)s1. The molecule has 6 heteroatoms. The number of nitrogens with zero attached hydrogens (tertiary/aromatic N) is 2. The van der Waals surface area contributed by atoms with E-state index >= 15 is 0 Å². The van der Waals surface area contributed by atoms with Gasteiger partial charge in [-0.2, -0.15) is 0 Å². The number of pyridine rings is 1. The van der Waals surface area contributed by atoms with Gasteiger partial charge in [0.2, 0.25) is 0 Å². The zero-order chi connectivity index (χ0) is 13.9. The normalized spacial score (nSPS) is 15.3. The van der Waals surface area contributed by atoms with Gasteiger partial charge in [-0.05, 0) is 23.8 Å². The summed E-state index contributed by atoms with van der Waals surface area (Å²) in [5, 5.41) is 10.2. The molecule has 1 N–H and O–H groups in total. The minimum absolute atomic E-state index is 0.360. The van der Waals surface area contributed by atoms with Gasteiger partial charge >= 0.3 is 5.97 Å². The number of rotatable bonds is 3. The summed E-state index contributed by atoms with van der Waals surface area (Å²) in [5.74, 6) is -0.884. The van der Waals surface area contributed by atoms with Crippen LogP contribution in [0.3, 0.4) is 0 Å². The van der Waals surface area contributed by atoms with E-state index in [0.29, 0.717) is 18.1 Å². The first kappa shape index (κ1) is 13.1. The van der Waals surface area contributed by atoms with Crippen LogP contribution in [-0.4, -0.2) is 42.4 Å². The molecule has 0 radical (unpaired) electrons. The molecule has 20 heavy (non-hydrogen) atoms. The van der Waals surface area contributed by atoms with Crippen LogP contribution in [0.2, 0.25) is 0 Å². The third-order valence-corrected chi connectivity index (χ3v) is 4.40. The van der Waals surface area contributed by atoms with Crippen LogP contribution in [0.25, 0.3) is 11.1 Å². The summed E-state index contributed by atoms with van der Waals surface area (Å²) in [5.41, 5.74) is 1.95. The van der Waals surface area contributed by atoms with Gasteiger partial charge in [-0.1, -0.05) is 0 Å². The van der Waals surface area contributed by atoms with Crippen molar-refractivity contribution >= 4 is 22.3 Å². The number of ether oxygens (including phenoxy) is 1. The first-order valence-electron chi connectivity index (χ1n) is 6.36. The van der Waals surface area contributed by atoms with E-state index in [-0.39, 0.29) is 0 Å². The minimum Gasteiger partial charge on any atom is -0.477 e. The molecule has 0 saturated carbocycles. The third-order valence-electron chi connectivity index (χ3n) is 3.21. The Bertz CT molecular complexity index is 606. The summed E-state index contributed by atoms with van der Waals surface area (Å²) in [4.78, 5) is 17.8. The maximum Gasteiger partial charge on any atom is 0.345 e. The van der Waals surface area contributed by atoms with E-state index in [2.05, 4.69) is 9.88 Å². The highest BCUT2D eigenvalue weighted by molar-refractivity contribution is 7.18. The molecular weight excluding hydrogens is 276 g/mol. The summed E-state index contributed by atoms with van der Waals surface area (Å²) in [7, 11) is 0. The second-order valence-corrected chi connectivity index (χ2v) is 5.50. The van der Waals surface area contributed by atoms with E-state index in [1.807, 2.05) is 12.1 Å². The summed E-state index contributed by atoms with van der Waals surface area (Å²) < 4.78 is 5.36. The first-order valence-corrected chi connectivity index (χ1v) is 7.17. The quantitative estimate of drug-likeness (QED) is 0.940. The molecule has 0 spiro atoms. The fourth-order valence-corrected chi connectivity index (χ4v) is 3.30. The fraction of sp³-hybridized carbons (Fsp3) is 0.286. The average molecular weight is 290 g/mol. The maximum absolute atomic E-state index is 11.2. The number of morpholine rings is 1. The van der Waals surface area contributed by atoms with Crippen molar-refractivity contribution in [1.82, 2.24) is 4.98 Å². The van der Waals surface area contributed by atoms with Gasteiger partial charge in [0.15, 0.2) is 0 Å². The van der Waals surface area contributed by atoms with Crippen molar-refractivity contribution in [2.24, 2.45) is 0 Å². The zero-order valence-corrected chi connectivity index (χ0v) is 11.6. The van der Waals surface area contributed by atoms with Crippen LogP contribution < -0.4 is 4.90 Å². The molecule has 0 unspecified atom stereocenters. The van der Waals surface area contributed by atoms with Crippen LogP contribution >= 0.6 is 11.3 Å². The Morgan fingerprint density at radius 1 is 1.30 bits per heavy atom. The van der Waals surface area contributed by atoms with Gasteiger partial charge < -0.3 is 14.7 Å². The van der Waals surface area contributed by atoms with Gasteiger partial charge in [-0.15, -0.1) is 11.3 Å².